The summed E-state index contributed by atoms with van der Waals surface area (Å²) in [6, 6.07) is 1.82. The summed E-state index contributed by atoms with van der Waals surface area (Å²) in [6.07, 6.45) is 1.92. The van der Waals surface area contributed by atoms with E-state index in [1.165, 1.54) is 6.33 Å². The van der Waals surface area contributed by atoms with Gasteiger partial charge < -0.3 is 15.4 Å². The Morgan fingerprint density at radius 2 is 2.50 bits per heavy atom. The lowest BCUT2D eigenvalue weighted by atomic mass is 10.2. The predicted molar refractivity (Wildman–Crippen MR) is 58.2 cm³/mol. The number of aromatic nitrogens is 2. The van der Waals surface area contributed by atoms with Gasteiger partial charge in [-0.25, -0.2) is 9.97 Å². The van der Waals surface area contributed by atoms with Crippen LogP contribution in [-0.2, 0) is 4.79 Å². The van der Waals surface area contributed by atoms with Crippen molar-refractivity contribution in [1.82, 2.24) is 15.3 Å². The minimum Gasteiger partial charge on any atom is -0.478 e. The van der Waals surface area contributed by atoms with Crippen LogP contribution >= 0.6 is 0 Å². The first-order valence-corrected chi connectivity index (χ1v) is 5.26. The van der Waals surface area contributed by atoms with Crippen molar-refractivity contribution in [3.63, 3.8) is 0 Å². The maximum Gasteiger partial charge on any atom is 0.222 e. The Labute approximate surface area is 93.4 Å². The zero-order valence-corrected chi connectivity index (χ0v) is 9.06. The van der Waals surface area contributed by atoms with Gasteiger partial charge in [0.2, 0.25) is 11.8 Å². The molecule has 1 aromatic rings. The Balaban J connectivity index is 1.98. The fourth-order valence-corrected chi connectivity index (χ4v) is 1.56. The van der Waals surface area contributed by atoms with Crippen molar-refractivity contribution in [2.45, 2.75) is 19.4 Å². The van der Waals surface area contributed by atoms with Crippen LogP contribution in [0, 0.1) is 0 Å². The maximum absolute atomic E-state index is 11.0. The quantitative estimate of drug-likeness (QED) is 0.759. The fraction of sp³-hybridized carbons (Fsp3) is 0.500. The molecule has 1 unspecified atom stereocenters. The molecule has 86 valence electrons. The first-order valence-electron chi connectivity index (χ1n) is 5.26. The number of amides is 1. The minimum atomic E-state index is 0.0663. The third-order valence-corrected chi connectivity index (χ3v) is 2.26. The predicted octanol–water partition coefficient (Wildman–Crippen LogP) is 0.176. The third kappa shape index (κ3) is 2.59. The molecule has 1 aliphatic heterocycles. The lowest BCUT2D eigenvalue weighted by molar-refractivity contribution is -0.119. The highest BCUT2D eigenvalue weighted by Gasteiger charge is 2.21. The second-order valence-corrected chi connectivity index (χ2v) is 3.52. The Hall–Kier alpha value is -1.85. The van der Waals surface area contributed by atoms with E-state index in [1.807, 2.05) is 6.92 Å². The maximum atomic E-state index is 11.0. The summed E-state index contributed by atoms with van der Waals surface area (Å²) < 4.78 is 5.26. The average Bonchev–Trinajstić information content (AvgIpc) is 2.65. The van der Waals surface area contributed by atoms with Crippen molar-refractivity contribution >= 4 is 11.7 Å². The number of carbonyl (C=O) groups is 1. The van der Waals surface area contributed by atoms with E-state index in [9.17, 15) is 4.79 Å². The van der Waals surface area contributed by atoms with Crippen LogP contribution < -0.4 is 15.4 Å². The summed E-state index contributed by atoms with van der Waals surface area (Å²) in [4.78, 5) is 19.0. The highest BCUT2D eigenvalue weighted by Crippen LogP contribution is 2.13. The van der Waals surface area contributed by atoms with Gasteiger partial charge in [-0.05, 0) is 6.92 Å². The molecule has 1 saturated heterocycles. The van der Waals surface area contributed by atoms with Gasteiger partial charge in [-0.2, -0.15) is 0 Å². The molecule has 1 fully saturated rings. The van der Waals surface area contributed by atoms with E-state index in [0.29, 0.717) is 31.3 Å². The van der Waals surface area contributed by atoms with Crippen LogP contribution in [0.4, 0.5) is 5.82 Å². The third-order valence-electron chi connectivity index (χ3n) is 2.26. The topological polar surface area (TPSA) is 76.1 Å². The minimum absolute atomic E-state index is 0.0663. The number of carbonyl (C=O) groups excluding carboxylic acids is 1. The summed E-state index contributed by atoms with van der Waals surface area (Å²) in [5.74, 6) is 1.29. The number of hydrogen-bond donors (Lipinski definition) is 2. The number of nitrogens with zero attached hydrogens (tertiary/aromatic N) is 2. The van der Waals surface area contributed by atoms with Gasteiger partial charge in [-0.1, -0.05) is 0 Å². The van der Waals surface area contributed by atoms with Gasteiger partial charge in [0, 0.05) is 19.0 Å². The monoisotopic (exact) mass is 222 g/mol. The van der Waals surface area contributed by atoms with Gasteiger partial charge in [0.25, 0.3) is 0 Å². The SMILES string of the molecule is CCOc1cc(NC2CNC(=O)C2)ncn1. The van der Waals surface area contributed by atoms with Crippen molar-refractivity contribution in [3.8, 4) is 5.88 Å². The average molecular weight is 222 g/mol. The van der Waals surface area contributed by atoms with Crippen LogP contribution in [0.3, 0.4) is 0 Å². The molecular weight excluding hydrogens is 208 g/mol. The lowest BCUT2D eigenvalue weighted by Gasteiger charge is -2.11. The summed E-state index contributed by atoms with van der Waals surface area (Å²) in [5, 5.41) is 5.91. The van der Waals surface area contributed by atoms with Gasteiger partial charge >= 0.3 is 0 Å². The van der Waals surface area contributed by atoms with Crippen LogP contribution in [0.2, 0.25) is 0 Å². The normalized spacial score (nSPS) is 19.3. The molecule has 1 amide bonds. The Morgan fingerprint density at radius 1 is 1.62 bits per heavy atom. The summed E-state index contributed by atoms with van der Waals surface area (Å²) in [7, 11) is 0. The summed E-state index contributed by atoms with van der Waals surface area (Å²) in [6.45, 7) is 3.10. The number of rotatable bonds is 4. The van der Waals surface area contributed by atoms with Crippen molar-refractivity contribution in [1.29, 1.82) is 0 Å². The number of ether oxygens (including phenoxy) is 1. The number of anilines is 1. The van der Waals surface area contributed by atoms with E-state index in [2.05, 4.69) is 20.6 Å². The molecular formula is C10H14N4O2. The second kappa shape index (κ2) is 4.78. The van der Waals surface area contributed by atoms with E-state index < -0.39 is 0 Å². The molecule has 2 N–H and O–H groups in total. The Bertz CT molecular complexity index is 383. The van der Waals surface area contributed by atoms with Crippen LogP contribution in [0.15, 0.2) is 12.4 Å². The van der Waals surface area contributed by atoms with Crippen molar-refractivity contribution in [2.75, 3.05) is 18.5 Å². The Morgan fingerprint density at radius 3 is 3.19 bits per heavy atom. The summed E-state index contributed by atoms with van der Waals surface area (Å²) >= 11 is 0. The van der Waals surface area contributed by atoms with Gasteiger partial charge in [0.1, 0.15) is 12.1 Å². The molecule has 2 heterocycles. The van der Waals surface area contributed by atoms with Gasteiger partial charge in [-0.15, -0.1) is 0 Å². The van der Waals surface area contributed by atoms with Crippen LogP contribution in [0.25, 0.3) is 0 Å². The lowest BCUT2D eigenvalue weighted by Crippen LogP contribution is -2.22. The van der Waals surface area contributed by atoms with Crippen LogP contribution in [0.1, 0.15) is 13.3 Å². The van der Waals surface area contributed by atoms with E-state index in [-0.39, 0.29) is 11.9 Å². The van der Waals surface area contributed by atoms with Gasteiger partial charge in [0.15, 0.2) is 0 Å². The second-order valence-electron chi connectivity index (χ2n) is 3.52. The number of nitrogens with one attached hydrogen (secondary N) is 2. The van der Waals surface area contributed by atoms with Gasteiger partial charge in [0.05, 0.1) is 12.6 Å². The molecule has 16 heavy (non-hydrogen) atoms. The first-order chi connectivity index (χ1) is 7.78. The first kappa shape index (κ1) is 10.7. The van der Waals surface area contributed by atoms with E-state index in [1.54, 1.807) is 6.07 Å². The van der Waals surface area contributed by atoms with Crippen molar-refractivity contribution in [2.24, 2.45) is 0 Å². The van der Waals surface area contributed by atoms with E-state index in [4.69, 9.17) is 4.74 Å². The van der Waals surface area contributed by atoms with Gasteiger partial charge in [-0.3, -0.25) is 4.79 Å². The largest absolute Gasteiger partial charge is 0.478 e. The molecule has 0 spiro atoms. The van der Waals surface area contributed by atoms with Crippen molar-refractivity contribution in [3.05, 3.63) is 12.4 Å². The molecule has 1 atom stereocenters. The smallest absolute Gasteiger partial charge is 0.222 e. The molecule has 0 aliphatic carbocycles. The molecule has 6 nitrogen and oxygen atoms in total. The van der Waals surface area contributed by atoms with Crippen molar-refractivity contribution < 1.29 is 9.53 Å². The molecule has 0 aromatic carbocycles. The van der Waals surface area contributed by atoms with Crippen LogP contribution in [0.5, 0.6) is 5.88 Å². The molecule has 2 rings (SSSR count). The zero-order valence-electron chi connectivity index (χ0n) is 9.06. The van der Waals surface area contributed by atoms with E-state index >= 15 is 0 Å². The highest BCUT2D eigenvalue weighted by molar-refractivity contribution is 5.79. The van der Waals surface area contributed by atoms with Crippen LogP contribution in [-0.4, -0.2) is 35.1 Å². The molecule has 1 aliphatic rings. The zero-order chi connectivity index (χ0) is 11.4. The molecule has 6 heteroatoms. The number of hydrogen-bond acceptors (Lipinski definition) is 5. The summed E-state index contributed by atoms with van der Waals surface area (Å²) in [5.41, 5.74) is 0. The fourth-order valence-electron chi connectivity index (χ4n) is 1.56. The molecule has 1 aromatic heterocycles. The Kier molecular flexibility index (Phi) is 3.19. The standard InChI is InChI=1S/C10H14N4O2/c1-2-16-10-4-8(12-6-13-10)14-7-3-9(15)11-5-7/h4,6-7H,2-3,5H2,1H3,(H,11,15)(H,12,13,14). The molecule has 0 radical (unpaired) electrons. The molecule has 0 saturated carbocycles. The van der Waals surface area contributed by atoms with E-state index in [0.717, 1.165) is 0 Å². The highest BCUT2D eigenvalue weighted by atomic mass is 16.5. The molecule has 0 bridgehead atoms.